The van der Waals surface area contributed by atoms with Crippen LogP contribution in [0.15, 0.2) is 24.3 Å². The summed E-state index contributed by atoms with van der Waals surface area (Å²) in [5, 5.41) is 87.1. The maximum absolute atomic E-state index is 13.3. The van der Waals surface area contributed by atoms with E-state index >= 15 is 0 Å². The maximum atomic E-state index is 13.3. The number of hydrogen-bond donors (Lipinski definition) is 9. The fourth-order valence-electron chi connectivity index (χ4n) is 10.7. The lowest BCUT2D eigenvalue weighted by atomic mass is 9.97. The van der Waals surface area contributed by atoms with Crippen LogP contribution >= 0.6 is 0 Å². The molecule has 9 N–H and O–H groups in total. The van der Waals surface area contributed by atoms with Gasteiger partial charge in [0.2, 0.25) is 5.91 Å². The van der Waals surface area contributed by atoms with Gasteiger partial charge in [-0.05, 0) is 44.9 Å². The van der Waals surface area contributed by atoms with Gasteiger partial charge in [0, 0.05) is 6.42 Å². The molecule has 0 aromatic rings. The molecule has 0 spiro atoms. The van der Waals surface area contributed by atoms with Crippen LogP contribution in [0.4, 0.5) is 0 Å². The van der Waals surface area contributed by atoms with E-state index in [1.165, 1.54) is 193 Å². The summed E-state index contributed by atoms with van der Waals surface area (Å²) in [4.78, 5) is 13.3. The summed E-state index contributed by atoms with van der Waals surface area (Å²) in [6, 6.07) is -0.824. The third-order valence-corrected chi connectivity index (χ3v) is 15.9. The smallest absolute Gasteiger partial charge is 0.220 e. The van der Waals surface area contributed by atoms with Crippen molar-refractivity contribution in [2.75, 3.05) is 19.8 Å². The van der Waals surface area contributed by atoms with E-state index in [4.69, 9.17) is 18.9 Å². The molecule has 1 amide bonds. The quantitative estimate of drug-likeness (QED) is 0.0204. The lowest BCUT2D eigenvalue weighted by molar-refractivity contribution is -0.359. The van der Waals surface area contributed by atoms with Crippen molar-refractivity contribution in [2.24, 2.45) is 0 Å². The summed E-state index contributed by atoms with van der Waals surface area (Å²) in [6.07, 6.45) is 42.2. The molecule has 14 heteroatoms. The Balaban J connectivity index is 1.58. The van der Waals surface area contributed by atoms with Gasteiger partial charge in [-0.1, -0.05) is 250 Å². The number of carbonyl (C=O) groups excluding carboxylic acids is 1. The van der Waals surface area contributed by atoms with Gasteiger partial charge in [-0.3, -0.25) is 4.79 Å². The van der Waals surface area contributed by atoms with Crippen molar-refractivity contribution in [3.63, 3.8) is 0 Å². The first kappa shape index (κ1) is 71.6. The van der Waals surface area contributed by atoms with Crippen LogP contribution in [0.3, 0.4) is 0 Å². The molecule has 2 heterocycles. The van der Waals surface area contributed by atoms with Gasteiger partial charge in [-0.15, -0.1) is 0 Å². The van der Waals surface area contributed by atoms with Crippen LogP contribution in [-0.4, -0.2) is 140 Å². The third kappa shape index (κ3) is 34.5. The van der Waals surface area contributed by atoms with Crippen molar-refractivity contribution in [3.8, 4) is 0 Å². The van der Waals surface area contributed by atoms with Crippen molar-refractivity contribution in [2.45, 2.75) is 351 Å². The highest BCUT2D eigenvalue weighted by atomic mass is 16.7. The summed E-state index contributed by atoms with van der Waals surface area (Å²) in [6.45, 7) is 2.85. The molecule has 0 saturated carbocycles. The number of unbranched alkanes of at least 4 members (excludes halogenated alkanes) is 35. The number of rotatable bonds is 52. The van der Waals surface area contributed by atoms with E-state index < -0.39 is 86.8 Å². The highest BCUT2D eigenvalue weighted by Gasteiger charge is 2.51. The Labute approximate surface area is 468 Å². The number of hydrogen-bond acceptors (Lipinski definition) is 13. The first-order chi connectivity index (χ1) is 37.6. The highest BCUT2D eigenvalue weighted by molar-refractivity contribution is 5.76. The molecular weight excluding hydrogens is 979 g/mol. The first-order valence-electron chi connectivity index (χ1n) is 32.1. The van der Waals surface area contributed by atoms with Crippen LogP contribution in [0.5, 0.6) is 0 Å². The summed E-state index contributed by atoms with van der Waals surface area (Å²) >= 11 is 0. The van der Waals surface area contributed by atoms with Gasteiger partial charge in [-0.2, -0.15) is 0 Å². The molecule has 2 aliphatic rings. The van der Waals surface area contributed by atoms with Crippen LogP contribution in [0, 0.1) is 0 Å². The van der Waals surface area contributed by atoms with E-state index in [0.29, 0.717) is 12.8 Å². The minimum atomic E-state index is -1.78. The SMILES string of the molecule is CCCCCCC/C=C\C/C=C\CCCCCCCCCCCCCCCCCCCCCCCC(=O)NC(COC1OC(CO)C(OC2OC(CO)C(O)C(O)C2O)C(O)C1O)C(O)CCCCCCCCCCCC. The van der Waals surface area contributed by atoms with E-state index in [2.05, 4.69) is 43.5 Å². The van der Waals surface area contributed by atoms with Gasteiger partial charge in [0.15, 0.2) is 12.6 Å². The normalized spacial score (nSPS) is 24.8. The Kier molecular flexibility index (Phi) is 45.7. The fourth-order valence-corrected chi connectivity index (χ4v) is 10.7. The van der Waals surface area contributed by atoms with E-state index in [-0.39, 0.29) is 12.5 Å². The minimum absolute atomic E-state index is 0.204. The highest BCUT2D eigenvalue weighted by Crippen LogP contribution is 2.30. The van der Waals surface area contributed by atoms with Crippen LogP contribution in [0.1, 0.15) is 277 Å². The molecular formula is C63H119NO13. The molecule has 12 unspecified atom stereocenters. The molecule has 0 aliphatic carbocycles. The second-order valence-corrected chi connectivity index (χ2v) is 22.9. The number of nitrogens with one attached hydrogen (secondary N) is 1. The standard InChI is InChI=1S/C63H119NO13/c1-3-5-7-9-11-13-15-16-17-18-19-20-21-22-23-24-25-26-27-28-29-30-31-32-33-34-35-36-37-39-41-43-45-47-55(68)64-51(52(67)46-44-42-40-38-14-12-10-8-6-4-2)50-74-62-60(73)58(71)61(54(49-66)76-62)77-63-59(72)57(70)56(69)53(48-65)75-63/h15-16,18-19,51-54,56-63,65-67,69-73H,3-14,17,20-50H2,1-2H3,(H,64,68)/b16-15-,19-18-. The number of carbonyl (C=O) groups is 1. The van der Waals surface area contributed by atoms with Crippen molar-refractivity contribution >= 4 is 5.91 Å². The minimum Gasteiger partial charge on any atom is -0.394 e. The number of ether oxygens (including phenoxy) is 4. The summed E-state index contributed by atoms with van der Waals surface area (Å²) < 4.78 is 22.8. The molecule has 2 fully saturated rings. The van der Waals surface area contributed by atoms with Crippen molar-refractivity contribution in [1.29, 1.82) is 0 Å². The molecule has 14 nitrogen and oxygen atoms in total. The lowest BCUT2D eigenvalue weighted by Crippen LogP contribution is -2.65. The molecule has 0 bridgehead atoms. The van der Waals surface area contributed by atoms with Crippen LogP contribution in [0.2, 0.25) is 0 Å². The first-order valence-corrected chi connectivity index (χ1v) is 32.1. The fraction of sp³-hybridized carbons (Fsp3) is 0.921. The third-order valence-electron chi connectivity index (χ3n) is 15.9. The molecule has 0 radical (unpaired) electrons. The Morgan fingerprint density at radius 1 is 0.468 bits per heavy atom. The Bertz CT molecular complexity index is 1390. The average molecular weight is 1100 g/mol. The van der Waals surface area contributed by atoms with Gasteiger partial charge in [0.25, 0.3) is 0 Å². The zero-order valence-corrected chi connectivity index (χ0v) is 49.0. The molecule has 0 aromatic carbocycles. The number of aliphatic hydroxyl groups is 8. The van der Waals surface area contributed by atoms with E-state index in [0.717, 1.165) is 57.8 Å². The zero-order valence-electron chi connectivity index (χ0n) is 49.0. The van der Waals surface area contributed by atoms with Crippen molar-refractivity contribution in [1.82, 2.24) is 5.32 Å². The van der Waals surface area contributed by atoms with E-state index in [1.807, 2.05) is 0 Å². The average Bonchev–Trinajstić information content (AvgIpc) is 3.45. The summed E-state index contributed by atoms with van der Waals surface area (Å²) in [5.74, 6) is -0.204. The Morgan fingerprint density at radius 2 is 0.857 bits per heavy atom. The molecule has 12 atom stereocenters. The van der Waals surface area contributed by atoms with Gasteiger partial charge in [0.05, 0.1) is 32.0 Å². The van der Waals surface area contributed by atoms with E-state index in [1.54, 1.807) is 0 Å². The number of amides is 1. The zero-order chi connectivity index (χ0) is 56.0. The van der Waals surface area contributed by atoms with Gasteiger partial charge in [0.1, 0.15) is 48.8 Å². The monoisotopic (exact) mass is 1100 g/mol. The maximum Gasteiger partial charge on any atom is 0.220 e. The second-order valence-electron chi connectivity index (χ2n) is 22.9. The van der Waals surface area contributed by atoms with Gasteiger partial charge >= 0.3 is 0 Å². The van der Waals surface area contributed by atoms with Crippen molar-refractivity contribution in [3.05, 3.63) is 24.3 Å². The lowest BCUT2D eigenvalue weighted by Gasteiger charge is -2.46. The Hall–Kier alpha value is -1.53. The largest absolute Gasteiger partial charge is 0.394 e. The van der Waals surface area contributed by atoms with Gasteiger partial charge < -0.3 is 65.1 Å². The van der Waals surface area contributed by atoms with E-state index in [9.17, 15) is 45.6 Å². The molecule has 2 aliphatic heterocycles. The molecule has 0 aromatic heterocycles. The van der Waals surface area contributed by atoms with Crippen LogP contribution in [-0.2, 0) is 23.7 Å². The molecule has 2 rings (SSSR count). The predicted octanol–water partition coefficient (Wildman–Crippen LogP) is 11.6. The second kappa shape index (κ2) is 49.1. The van der Waals surface area contributed by atoms with Crippen LogP contribution in [0.25, 0.3) is 0 Å². The predicted molar refractivity (Wildman–Crippen MR) is 309 cm³/mol. The molecule has 77 heavy (non-hydrogen) atoms. The van der Waals surface area contributed by atoms with Crippen LogP contribution < -0.4 is 5.32 Å². The summed E-state index contributed by atoms with van der Waals surface area (Å²) in [5.41, 5.74) is 0. The Morgan fingerprint density at radius 3 is 1.30 bits per heavy atom. The van der Waals surface area contributed by atoms with Crippen molar-refractivity contribution < 1.29 is 64.6 Å². The summed E-state index contributed by atoms with van der Waals surface area (Å²) in [7, 11) is 0. The topological polar surface area (TPSA) is 228 Å². The number of allylic oxidation sites excluding steroid dienone is 4. The molecule has 454 valence electrons. The van der Waals surface area contributed by atoms with Gasteiger partial charge in [-0.25, -0.2) is 0 Å². The molecule has 2 saturated heterocycles. The number of aliphatic hydroxyl groups excluding tert-OH is 8.